The predicted octanol–water partition coefficient (Wildman–Crippen LogP) is 2.86. The summed E-state index contributed by atoms with van der Waals surface area (Å²) in [7, 11) is 4.08. The highest BCUT2D eigenvalue weighted by Crippen LogP contribution is 2.22. The van der Waals surface area contributed by atoms with E-state index >= 15 is 0 Å². The Bertz CT molecular complexity index is 586. The number of aromatic nitrogens is 2. The molecular formula is C17H26N4. The monoisotopic (exact) mass is 286 g/mol. The quantitative estimate of drug-likeness (QED) is 0.886. The molecule has 0 amide bonds. The van der Waals surface area contributed by atoms with Gasteiger partial charge in [-0.2, -0.15) is 5.10 Å². The molecule has 0 bridgehead atoms. The number of rotatable bonds is 6. The number of anilines is 1. The van der Waals surface area contributed by atoms with Crippen molar-refractivity contribution in [1.82, 2.24) is 15.1 Å². The molecule has 0 atom stereocenters. The van der Waals surface area contributed by atoms with Crippen LogP contribution in [-0.4, -0.2) is 22.9 Å². The van der Waals surface area contributed by atoms with E-state index in [4.69, 9.17) is 0 Å². The van der Waals surface area contributed by atoms with Crippen molar-refractivity contribution in [2.45, 2.75) is 39.9 Å². The van der Waals surface area contributed by atoms with Gasteiger partial charge in [-0.3, -0.25) is 4.68 Å². The third-order valence-electron chi connectivity index (χ3n) is 3.56. The predicted molar refractivity (Wildman–Crippen MR) is 88.5 cm³/mol. The maximum Gasteiger partial charge on any atom is 0.0539 e. The topological polar surface area (TPSA) is 33.1 Å². The van der Waals surface area contributed by atoms with Crippen LogP contribution >= 0.6 is 0 Å². The number of hydrogen-bond acceptors (Lipinski definition) is 3. The first kappa shape index (κ1) is 15.6. The Morgan fingerprint density at radius 2 is 2.05 bits per heavy atom. The van der Waals surface area contributed by atoms with Crippen LogP contribution in [-0.2, 0) is 20.1 Å². The summed E-state index contributed by atoms with van der Waals surface area (Å²) in [6, 6.07) is 7.20. The van der Waals surface area contributed by atoms with E-state index < -0.39 is 0 Å². The van der Waals surface area contributed by atoms with Crippen molar-refractivity contribution < 1.29 is 0 Å². The second-order valence-electron chi connectivity index (χ2n) is 6.03. The van der Waals surface area contributed by atoms with Crippen LogP contribution in [0.4, 0.5) is 5.69 Å². The van der Waals surface area contributed by atoms with Crippen LogP contribution in [0.3, 0.4) is 0 Å². The number of hydrogen-bond donors (Lipinski definition) is 1. The van der Waals surface area contributed by atoms with Crippen molar-refractivity contribution in [3.63, 3.8) is 0 Å². The van der Waals surface area contributed by atoms with Crippen molar-refractivity contribution in [2.75, 3.05) is 11.9 Å². The van der Waals surface area contributed by atoms with Gasteiger partial charge in [0.2, 0.25) is 0 Å². The Hall–Kier alpha value is -1.81. The number of nitrogens with zero attached hydrogens (tertiary/aromatic N) is 3. The molecule has 0 fully saturated rings. The summed E-state index contributed by atoms with van der Waals surface area (Å²) in [6.07, 6.45) is 3.99. The van der Waals surface area contributed by atoms with E-state index in [9.17, 15) is 0 Å². The molecule has 0 saturated carbocycles. The van der Waals surface area contributed by atoms with Gasteiger partial charge < -0.3 is 10.2 Å². The second-order valence-corrected chi connectivity index (χ2v) is 6.03. The fraction of sp³-hybridized carbons (Fsp3) is 0.471. The molecule has 21 heavy (non-hydrogen) atoms. The molecule has 2 rings (SSSR count). The Kier molecular flexibility index (Phi) is 5.02. The molecule has 114 valence electrons. The van der Waals surface area contributed by atoms with Crippen molar-refractivity contribution in [3.05, 3.63) is 47.3 Å². The highest BCUT2D eigenvalue weighted by atomic mass is 15.2. The number of aryl methyl sites for hydroxylation is 2. The van der Waals surface area contributed by atoms with Crippen LogP contribution in [0.2, 0.25) is 0 Å². The van der Waals surface area contributed by atoms with Crippen LogP contribution in [0.25, 0.3) is 0 Å². The summed E-state index contributed by atoms with van der Waals surface area (Å²) < 4.78 is 1.84. The van der Waals surface area contributed by atoms with Crippen LogP contribution < -0.4 is 10.2 Å². The largest absolute Gasteiger partial charge is 0.370 e. The van der Waals surface area contributed by atoms with Gasteiger partial charge in [0.15, 0.2) is 0 Å². The van der Waals surface area contributed by atoms with Crippen LogP contribution in [0.15, 0.2) is 30.6 Å². The maximum absolute atomic E-state index is 4.22. The molecule has 1 aromatic carbocycles. The highest BCUT2D eigenvalue weighted by Gasteiger charge is 2.07. The molecule has 0 saturated heterocycles. The smallest absolute Gasteiger partial charge is 0.0539 e. The molecule has 1 N–H and O–H groups in total. The standard InChI is InChI=1S/C17H26N4/c1-13(2)18-9-15-6-7-17(14(3)8-15)20(4)11-16-10-19-21(5)12-16/h6-8,10,12-13,18H,9,11H2,1-5H3. The van der Waals surface area contributed by atoms with E-state index in [1.807, 2.05) is 17.9 Å². The van der Waals surface area contributed by atoms with Crippen LogP contribution in [0.1, 0.15) is 30.5 Å². The summed E-state index contributed by atoms with van der Waals surface area (Å²) in [6.45, 7) is 8.31. The van der Waals surface area contributed by atoms with Gasteiger partial charge in [0.05, 0.1) is 6.20 Å². The molecule has 0 spiro atoms. The Morgan fingerprint density at radius 1 is 1.29 bits per heavy atom. The minimum absolute atomic E-state index is 0.512. The zero-order chi connectivity index (χ0) is 15.4. The van der Waals surface area contributed by atoms with Gasteiger partial charge in [0.25, 0.3) is 0 Å². The molecule has 0 aliphatic rings. The van der Waals surface area contributed by atoms with E-state index in [0.29, 0.717) is 6.04 Å². The molecule has 4 nitrogen and oxygen atoms in total. The van der Waals surface area contributed by atoms with Crippen molar-refractivity contribution in [3.8, 4) is 0 Å². The highest BCUT2D eigenvalue weighted by molar-refractivity contribution is 5.54. The lowest BCUT2D eigenvalue weighted by Gasteiger charge is -2.21. The van der Waals surface area contributed by atoms with Crippen molar-refractivity contribution in [2.24, 2.45) is 7.05 Å². The molecular weight excluding hydrogens is 260 g/mol. The van der Waals surface area contributed by atoms with E-state index in [1.54, 1.807) is 0 Å². The Labute approximate surface area is 127 Å². The average molecular weight is 286 g/mol. The van der Waals surface area contributed by atoms with E-state index in [2.05, 4.69) is 67.5 Å². The molecule has 0 radical (unpaired) electrons. The Balaban J connectivity index is 2.05. The molecule has 2 aromatic rings. The summed E-state index contributed by atoms with van der Waals surface area (Å²) in [5, 5.41) is 7.68. The minimum Gasteiger partial charge on any atom is -0.370 e. The molecule has 4 heteroatoms. The van der Waals surface area contributed by atoms with Gasteiger partial charge in [-0.05, 0) is 24.1 Å². The molecule has 0 unspecified atom stereocenters. The van der Waals surface area contributed by atoms with Crippen LogP contribution in [0, 0.1) is 6.92 Å². The summed E-state index contributed by atoms with van der Waals surface area (Å²) in [4.78, 5) is 2.27. The summed E-state index contributed by atoms with van der Waals surface area (Å²) >= 11 is 0. The first-order valence-electron chi connectivity index (χ1n) is 7.47. The Morgan fingerprint density at radius 3 is 2.62 bits per heavy atom. The third kappa shape index (κ3) is 4.33. The van der Waals surface area contributed by atoms with Crippen LogP contribution in [0.5, 0.6) is 0 Å². The van der Waals surface area contributed by atoms with E-state index in [1.165, 1.54) is 22.4 Å². The molecule has 1 heterocycles. The van der Waals surface area contributed by atoms with Gasteiger partial charge in [0, 0.05) is 50.7 Å². The van der Waals surface area contributed by atoms with E-state index in [0.717, 1.165) is 13.1 Å². The maximum atomic E-state index is 4.22. The van der Waals surface area contributed by atoms with Gasteiger partial charge in [-0.15, -0.1) is 0 Å². The lowest BCUT2D eigenvalue weighted by Crippen LogP contribution is -2.22. The fourth-order valence-corrected chi connectivity index (χ4v) is 2.49. The zero-order valence-electron chi connectivity index (χ0n) is 13.7. The fourth-order valence-electron chi connectivity index (χ4n) is 2.49. The van der Waals surface area contributed by atoms with Gasteiger partial charge >= 0.3 is 0 Å². The van der Waals surface area contributed by atoms with Gasteiger partial charge in [0.1, 0.15) is 0 Å². The summed E-state index contributed by atoms with van der Waals surface area (Å²) in [5.41, 5.74) is 5.14. The second kappa shape index (κ2) is 6.76. The first-order chi connectivity index (χ1) is 9.95. The van der Waals surface area contributed by atoms with Crippen molar-refractivity contribution in [1.29, 1.82) is 0 Å². The molecule has 0 aliphatic heterocycles. The molecule has 0 aliphatic carbocycles. The lowest BCUT2D eigenvalue weighted by molar-refractivity contribution is 0.588. The van der Waals surface area contributed by atoms with Crippen molar-refractivity contribution >= 4 is 5.69 Å². The molecule has 1 aromatic heterocycles. The van der Waals surface area contributed by atoms with Gasteiger partial charge in [-0.1, -0.05) is 26.0 Å². The normalized spacial score (nSPS) is 11.1. The summed E-state index contributed by atoms with van der Waals surface area (Å²) in [5.74, 6) is 0. The third-order valence-corrected chi connectivity index (χ3v) is 3.56. The SMILES string of the molecule is Cc1cc(CNC(C)C)ccc1N(C)Cc1cnn(C)c1. The lowest BCUT2D eigenvalue weighted by atomic mass is 10.1. The minimum atomic E-state index is 0.512. The zero-order valence-corrected chi connectivity index (χ0v) is 13.7. The average Bonchev–Trinajstić information content (AvgIpc) is 2.81. The first-order valence-corrected chi connectivity index (χ1v) is 7.47. The van der Waals surface area contributed by atoms with E-state index in [-0.39, 0.29) is 0 Å². The van der Waals surface area contributed by atoms with Gasteiger partial charge in [-0.25, -0.2) is 0 Å². The number of nitrogens with one attached hydrogen (secondary N) is 1. The number of benzene rings is 1.